The standard InChI is InChI=1S/C20H15N3O4S2/c1-12-2-7-16-17(8-12)29-20(21-16)22-19(24)18-9-13(11-28-18)10-27-15-5-3-14(4-6-15)23(25)26/h2-9,11H,10H2,1H3,(H,21,22,24). The second kappa shape index (κ2) is 7.98. The fraction of sp³-hybridized carbons (Fsp3) is 0.100. The number of nitro groups is 1. The highest BCUT2D eigenvalue weighted by Crippen LogP contribution is 2.28. The van der Waals surface area contributed by atoms with Gasteiger partial charge in [0.05, 0.1) is 20.0 Å². The van der Waals surface area contributed by atoms with E-state index in [0.717, 1.165) is 21.3 Å². The van der Waals surface area contributed by atoms with Crippen LogP contribution in [-0.2, 0) is 6.61 Å². The summed E-state index contributed by atoms with van der Waals surface area (Å²) in [7, 11) is 0. The highest BCUT2D eigenvalue weighted by Gasteiger charge is 2.13. The van der Waals surface area contributed by atoms with E-state index in [1.54, 1.807) is 18.2 Å². The van der Waals surface area contributed by atoms with Gasteiger partial charge >= 0.3 is 0 Å². The number of non-ortho nitro benzene ring substituents is 1. The molecular formula is C20H15N3O4S2. The smallest absolute Gasteiger partial charge is 0.269 e. The molecule has 7 nitrogen and oxygen atoms in total. The molecule has 2 aromatic carbocycles. The van der Waals surface area contributed by atoms with Gasteiger partial charge in [-0.1, -0.05) is 17.4 Å². The van der Waals surface area contributed by atoms with E-state index in [9.17, 15) is 14.9 Å². The minimum atomic E-state index is -0.458. The van der Waals surface area contributed by atoms with Crippen molar-refractivity contribution in [2.24, 2.45) is 0 Å². The molecule has 1 N–H and O–H groups in total. The molecule has 0 aliphatic carbocycles. The Bertz CT molecular complexity index is 1200. The number of thiophene rings is 1. The normalized spacial score (nSPS) is 10.8. The minimum Gasteiger partial charge on any atom is -0.489 e. The summed E-state index contributed by atoms with van der Waals surface area (Å²) in [5, 5.41) is 15.9. The van der Waals surface area contributed by atoms with Crippen molar-refractivity contribution in [1.82, 2.24) is 4.98 Å². The fourth-order valence-corrected chi connectivity index (χ4v) is 4.40. The Balaban J connectivity index is 1.38. The first-order chi connectivity index (χ1) is 14.0. The first-order valence-electron chi connectivity index (χ1n) is 8.61. The van der Waals surface area contributed by atoms with Gasteiger partial charge in [0.15, 0.2) is 5.13 Å². The number of carbonyl (C=O) groups excluding carboxylic acids is 1. The number of aryl methyl sites for hydroxylation is 1. The Morgan fingerprint density at radius 3 is 2.76 bits per heavy atom. The monoisotopic (exact) mass is 425 g/mol. The van der Waals surface area contributed by atoms with Gasteiger partial charge in [-0.25, -0.2) is 4.98 Å². The lowest BCUT2D eigenvalue weighted by Gasteiger charge is -2.04. The van der Waals surface area contributed by atoms with Gasteiger partial charge in [0.25, 0.3) is 11.6 Å². The van der Waals surface area contributed by atoms with Crippen molar-refractivity contribution in [1.29, 1.82) is 0 Å². The van der Waals surface area contributed by atoms with E-state index in [1.807, 2.05) is 30.5 Å². The zero-order valence-corrected chi connectivity index (χ0v) is 16.9. The van der Waals surface area contributed by atoms with Crippen LogP contribution in [0.4, 0.5) is 10.8 Å². The molecule has 0 unspecified atom stereocenters. The molecule has 0 radical (unpaired) electrons. The molecule has 0 atom stereocenters. The van der Waals surface area contributed by atoms with Gasteiger partial charge in [0.2, 0.25) is 0 Å². The number of carbonyl (C=O) groups is 1. The van der Waals surface area contributed by atoms with Crippen LogP contribution in [0.15, 0.2) is 53.9 Å². The predicted octanol–water partition coefficient (Wildman–Crippen LogP) is 5.41. The lowest BCUT2D eigenvalue weighted by atomic mass is 10.2. The van der Waals surface area contributed by atoms with Gasteiger partial charge in [-0.2, -0.15) is 0 Å². The van der Waals surface area contributed by atoms with Gasteiger partial charge in [0, 0.05) is 17.7 Å². The van der Waals surface area contributed by atoms with Crippen LogP contribution >= 0.6 is 22.7 Å². The maximum atomic E-state index is 12.5. The average Bonchev–Trinajstić information content (AvgIpc) is 3.33. The Morgan fingerprint density at radius 2 is 2.00 bits per heavy atom. The van der Waals surface area contributed by atoms with Crippen LogP contribution in [0.3, 0.4) is 0 Å². The topological polar surface area (TPSA) is 94.4 Å². The zero-order valence-electron chi connectivity index (χ0n) is 15.2. The van der Waals surface area contributed by atoms with Crippen LogP contribution in [-0.4, -0.2) is 15.8 Å². The fourth-order valence-electron chi connectivity index (χ4n) is 2.65. The summed E-state index contributed by atoms with van der Waals surface area (Å²) in [5.74, 6) is 0.310. The lowest BCUT2D eigenvalue weighted by molar-refractivity contribution is -0.384. The highest BCUT2D eigenvalue weighted by molar-refractivity contribution is 7.22. The Morgan fingerprint density at radius 1 is 1.21 bits per heavy atom. The number of aromatic nitrogens is 1. The van der Waals surface area contributed by atoms with Crippen molar-refractivity contribution in [2.45, 2.75) is 13.5 Å². The van der Waals surface area contributed by atoms with E-state index < -0.39 is 4.92 Å². The molecule has 4 rings (SSSR count). The summed E-state index contributed by atoms with van der Waals surface area (Å²) in [6.45, 7) is 2.28. The number of nitrogens with zero attached hydrogens (tertiary/aromatic N) is 2. The molecule has 0 spiro atoms. The largest absolute Gasteiger partial charge is 0.489 e. The van der Waals surface area contributed by atoms with Crippen molar-refractivity contribution < 1.29 is 14.5 Å². The molecule has 9 heteroatoms. The van der Waals surface area contributed by atoms with Gasteiger partial charge in [-0.3, -0.25) is 20.2 Å². The van der Waals surface area contributed by atoms with Gasteiger partial charge in [0.1, 0.15) is 12.4 Å². The van der Waals surface area contributed by atoms with Crippen LogP contribution in [0.1, 0.15) is 20.8 Å². The second-order valence-electron chi connectivity index (χ2n) is 6.30. The number of nitrogens with one attached hydrogen (secondary N) is 1. The highest BCUT2D eigenvalue weighted by atomic mass is 32.1. The van der Waals surface area contributed by atoms with E-state index in [2.05, 4.69) is 10.3 Å². The lowest BCUT2D eigenvalue weighted by Crippen LogP contribution is -2.09. The average molecular weight is 425 g/mol. The predicted molar refractivity (Wildman–Crippen MR) is 114 cm³/mol. The van der Waals surface area contributed by atoms with E-state index in [4.69, 9.17) is 4.74 Å². The summed E-state index contributed by atoms with van der Waals surface area (Å²) in [5.41, 5.74) is 2.87. The number of benzene rings is 2. The third-order valence-electron chi connectivity index (χ3n) is 4.09. The molecule has 0 fully saturated rings. The number of hydrogen-bond donors (Lipinski definition) is 1. The van der Waals surface area contributed by atoms with Crippen LogP contribution in [0.2, 0.25) is 0 Å². The summed E-state index contributed by atoms with van der Waals surface area (Å²) in [4.78, 5) is 27.7. The molecule has 4 aromatic rings. The van der Waals surface area contributed by atoms with Gasteiger partial charge in [-0.05, 0) is 48.2 Å². The number of hydrogen-bond acceptors (Lipinski definition) is 7. The number of thiazole rings is 1. The molecule has 146 valence electrons. The van der Waals surface area contributed by atoms with Crippen LogP contribution in [0.5, 0.6) is 5.75 Å². The van der Waals surface area contributed by atoms with E-state index in [1.165, 1.54) is 34.8 Å². The molecule has 0 aliphatic rings. The van der Waals surface area contributed by atoms with Crippen molar-refractivity contribution in [3.8, 4) is 5.75 Å². The zero-order chi connectivity index (χ0) is 20.4. The number of fused-ring (bicyclic) bond motifs is 1. The number of amides is 1. The molecule has 29 heavy (non-hydrogen) atoms. The van der Waals surface area contributed by atoms with Crippen LogP contribution in [0.25, 0.3) is 10.2 Å². The Kier molecular flexibility index (Phi) is 5.24. The van der Waals surface area contributed by atoms with Gasteiger partial charge in [-0.15, -0.1) is 11.3 Å². The first-order valence-corrected chi connectivity index (χ1v) is 10.3. The Labute approximate surface area is 173 Å². The molecule has 1 amide bonds. The molecule has 0 aliphatic heterocycles. The molecule has 0 bridgehead atoms. The number of rotatable bonds is 6. The molecule has 0 saturated heterocycles. The van der Waals surface area contributed by atoms with E-state index >= 15 is 0 Å². The third-order valence-corrected chi connectivity index (χ3v) is 6.01. The second-order valence-corrected chi connectivity index (χ2v) is 8.25. The van der Waals surface area contributed by atoms with Crippen molar-refractivity contribution in [3.05, 3.63) is 80.0 Å². The van der Waals surface area contributed by atoms with E-state index in [0.29, 0.717) is 15.8 Å². The van der Waals surface area contributed by atoms with Crippen LogP contribution in [0, 0.1) is 17.0 Å². The first kappa shape index (κ1) is 19.0. The quantitative estimate of drug-likeness (QED) is 0.329. The Hall–Kier alpha value is -3.30. The molecular weight excluding hydrogens is 410 g/mol. The third kappa shape index (κ3) is 4.41. The maximum Gasteiger partial charge on any atom is 0.269 e. The van der Waals surface area contributed by atoms with Crippen molar-refractivity contribution in [3.63, 3.8) is 0 Å². The number of anilines is 1. The summed E-state index contributed by atoms with van der Waals surface area (Å²) < 4.78 is 6.66. The summed E-state index contributed by atoms with van der Waals surface area (Å²) in [6, 6.07) is 13.6. The van der Waals surface area contributed by atoms with Crippen molar-refractivity contribution in [2.75, 3.05) is 5.32 Å². The number of ether oxygens (including phenoxy) is 1. The van der Waals surface area contributed by atoms with Gasteiger partial charge < -0.3 is 4.74 Å². The number of nitro benzene ring substituents is 1. The van der Waals surface area contributed by atoms with Crippen LogP contribution < -0.4 is 10.1 Å². The molecule has 0 saturated carbocycles. The molecule has 2 heterocycles. The molecule has 2 aromatic heterocycles. The summed E-state index contributed by atoms with van der Waals surface area (Å²) in [6.07, 6.45) is 0. The minimum absolute atomic E-state index is 0.0110. The summed E-state index contributed by atoms with van der Waals surface area (Å²) >= 11 is 2.76. The SMILES string of the molecule is Cc1ccc2nc(NC(=O)c3cc(COc4ccc([N+](=O)[O-])cc4)cs3)sc2c1. The van der Waals surface area contributed by atoms with Crippen molar-refractivity contribution >= 4 is 49.6 Å². The maximum absolute atomic E-state index is 12.5. The van der Waals surface area contributed by atoms with E-state index in [-0.39, 0.29) is 18.2 Å².